The van der Waals surface area contributed by atoms with E-state index in [0.717, 1.165) is 0 Å². The van der Waals surface area contributed by atoms with Crippen LogP contribution in [0.2, 0.25) is 0 Å². The lowest BCUT2D eigenvalue weighted by molar-refractivity contribution is 0.00696. The second-order valence-electron chi connectivity index (χ2n) is 4.39. The molecule has 0 radical (unpaired) electrons. The zero-order chi connectivity index (χ0) is 12.3. The molecule has 1 aromatic rings. The van der Waals surface area contributed by atoms with Gasteiger partial charge >= 0.3 is 5.97 Å². The van der Waals surface area contributed by atoms with E-state index in [0.29, 0.717) is 16.9 Å². The number of rotatable bonds is 1. The Morgan fingerprint density at radius 3 is 2.50 bits per heavy atom. The van der Waals surface area contributed by atoms with E-state index in [2.05, 4.69) is 4.85 Å². The predicted octanol–water partition coefficient (Wildman–Crippen LogP) is 2.77. The molecule has 1 rings (SSSR count). The van der Waals surface area contributed by atoms with Crippen molar-refractivity contribution >= 4 is 17.3 Å². The van der Waals surface area contributed by atoms with E-state index in [1.165, 1.54) is 18.2 Å². The van der Waals surface area contributed by atoms with Gasteiger partial charge in [0.1, 0.15) is 5.60 Å². The number of nitrogens with two attached hydrogens (primary N) is 1. The van der Waals surface area contributed by atoms with Crippen molar-refractivity contribution in [1.82, 2.24) is 0 Å². The van der Waals surface area contributed by atoms with E-state index in [1.54, 1.807) is 20.8 Å². The first-order chi connectivity index (χ1) is 7.33. The topological polar surface area (TPSA) is 56.7 Å². The number of carbonyl (C=O) groups is 1. The van der Waals surface area contributed by atoms with Crippen molar-refractivity contribution in [2.75, 3.05) is 5.73 Å². The summed E-state index contributed by atoms with van der Waals surface area (Å²) in [7, 11) is 0. The van der Waals surface area contributed by atoms with E-state index in [1.807, 2.05) is 0 Å². The number of benzene rings is 1. The second kappa shape index (κ2) is 4.23. The van der Waals surface area contributed by atoms with Gasteiger partial charge in [0.25, 0.3) is 0 Å². The van der Waals surface area contributed by atoms with Gasteiger partial charge in [-0.3, -0.25) is 0 Å². The lowest BCUT2D eigenvalue weighted by Gasteiger charge is -2.19. The SMILES string of the molecule is [C-]#[N+]c1ccc(C(=O)OC(C)(C)C)cc1N. The van der Waals surface area contributed by atoms with Crippen molar-refractivity contribution in [1.29, 1.82) is 0 Å². The van der Waals surface area contributed by atoms with Crippen molar-refractivity contribution in [3.8, 4) is 0 Å². The van der Waals surface area contributed by atoms with Crippen molar-refractivity contribution in [2.24, 2.45) is 0 Å². The van der Waals surface area contributed by atoms with Crippen molar-refractivity contribution in [3.05, 3.63) is 35.2 Å². The van der Waals surface area contributed by atoms with Crippen LogP contribution in [-0.4, -0.2) is 11.6 Å². The van der Waals surface area contributed by atoms with Gasteiger partial charge in [0.2, 0.25) is 5.69 Å². The van der Waals surface area contributed by atoms with Gasteiger partial charge in [-0.1, -0.05) is 12.1 Å². The van der Waals surface area contributed by atoms with Crippen LogP contribution in [0.3, 0.4) is 0 Å². The van der Waals surface area contributed by atoms with Gasteiger partial charge in [0.05, 0.1) is 12.1 Å². The monoisotopic (exact) mass is 218 g/mol. The molecule has 84 valence electrons. The zero-order valence-electron chi connectivity index (χ0n) is 9.57. The lowest BCUT2D eigenvalue weighted by Crippen LogP contribution is -2.23. The highest BCUT2D eigenvalue weighted by atomic mass is 16.6. The summed E-state index contributed by atoms with van der Waals surface area (Å²) in [4.78, 5) is 14.9. The van der Waals surface area contributed by atoms with Crippen LogP contribution in [0.1, 0.15) is 31.1 Å². The molecule has 0 unspecified atom stereocenters. The summed E-state index contributed by atoms with van der Waals surface area (Å²) in [5.74, 6) is -0.435. The summed E-state index contributed by atoms with van der Waals surface area (Å²) in [5.41, 5.74) is 6.07. The van der Waals surface area contributed by atoms with Gasteiger partial charge in [0.15, 0.2) is 0 Å². The molecule has 0 atom stereocenters. The summed E-state index contributed by atoms with van der Waals surface area (Å²) in [5, 5.41) is 0. The third-order valence-corrected chi connectivity index (χ3v) is 1.78. The number of ether oxygens (including phenoxy) is 1. The summed E-state index contributed by atoms with van der Waals surface area (Å²) in [6.45, 7) is 12.2. The Kier molecular flexibility index (Phi) is 3.19. The first-order valence-corrected chi connectivity index (χ1v) is 4.84. The molecular formula is C12H14N2O2. The summed E-state index contributed by atoms with van der Waals surface area (Å²) < 4.78 is 5.18. The van der Waals surface area contributed by atoms with Crippen LogP contribution >= 0.6 is 0 Å². The zero-order valence-corrected chi connectivity index (χ0v) is 9.57. The van der Waals surface area contributed by atoms with E-state index in [9.17, 15) is 4.79 Å². The molecule has 4 nitrogen and oxygen atoms in total. The lowest BCUT2D eigenvalue weighted by atomic mass is 10.1. The van der Waals surface area contributed by atoms with Gasteiger partial charge < -0.3 is 10.5 Å². The molecule has 0 saturated heterocycles. The fraction of sp³-hybridized carbons (Fsp3) is 0.333. The maximum Gasteiger partial charge on any atom is 0.338 e. The number of nitrogen functional groups attached to an aromatic ring is 1. The van der Waals surface area contributed by atoms with Crippen molar-refractivity contribution in [2.45, 2.75) is 26.4 Å². The molecule has 0 aliphatic heterocycles. The van der Waals surface area contributed by atoms with Crippen molar-refractivity contribution < 1.29 is 9.53 Å². The molecule has 0 spiro atoms. The standard InChI is InChI=1S/C12H14N2O2/c1-12(2,3)16-11(15)8-5-6-10(14-4)9(13)7-8/h5-7H,13H2,1-3H3. The summed E-state index contributed by atoms with van der Waals surface area (Å²) in [6.07, 6.45) is 0. The predicted molar refractivity (Wildman–Crippen MR) is 62.3 cm³/mol. The second-order valence-corrected chi connectivity index (χ2v) is 4.39. The Morgan fingerprint density at radius 2 is 2.06 bits per heavy atom. The third kappa shape index (κ3) is 2.99. The summed E-state index contributed by atoms with van der Waals surface area (Å²) >= 11 is 0. The smallest absolute Gasteiger partial charge is 0.338 e. The Hall–Kier alpha value is -2.02. The summed E-state index contributed by atoms with van der Waals surface area (Å²) in [6, 6.07) is 4.51. The van der Waals surface area contributed by atoms with Crippen molar-refractivity contribution in [3.63, 3.8) is 0 Å². The Balaban J connectivity index is 2.95. The van der Waals surface area contributed by atoms with Gasteiger partial charge in [0, 0.05) is 5.69 Å². The van der Waals surface area contributed by atoms with Crippen LogP contribution in [-0.2, 0) is 4.74 Å². The largest absolute Gasteiger partial charge is 0.456 e. The molecule has 0 aliphatic rings. The minimum absolute atomic E-state index is 0.290. The van der Waals surface area contributed by atoms with E-state index in [4.69, 9.17) is 17.0 Å². The van der Waals surface area contributed by atoms with Crippen LogP contribution in [0.5, 0.6) is 0 Å². The van der Waals surface area contributed by atoms with Crippen LogP contribution in [0, 0.1) is 6.57 Å². The number of esters is 1. The molecule has 0 aliphatic carbocycles. The highest BCUT2D eigenvalue weighted by Gasteiger charge is 2.18. The molecule has 0 amide bonds. The highest BCUT2D eigenvalue weighted by Crippen LogP contribution is 2.24. The van der Waals surface area contributed by atoms with Gasteiger partial charge in [-0.25, -0.2) is 9.64 Å². The normalized spacial score (nSPS) is 10.6. The van der Waals surface area contributed by atoms with E-state index in [-0.39, 0.29) is 0 Å². The maximum atomic E-state index is 11.7. The van der Waals surface area contributed by atoms with Gasteiger partial charge in [-0.2, -0.15) is 0 Å². The molecule has 0 heterocycles. The average Bonchev–Trinajstić information content (AvgIpc) is 2.15. The van der Waals surface area contributed by atoms with Crippen LogP contribution in [0.4, 0.5) is 11.4 Å². The minimum Gasteiger partial charge on any atom is -0.456 e. The molecule has 0 bridgehead atoms. The molecule has 2 N–H and O–H groups in total. The third-order valence-electron chi connectivity index (χ3n) is 1.78. The number of nitrogens with zero attached hydrogens (tertiary/aromatic N) is 1. The Morgan fingerprint density at radius 1 is 1.44 bits per heavy atom. The molecule has 0 saturated carbocycles. The molecule has 16 heavy (non-hydrogen) atoms. The number of anilines is 1. The fourth-order valence-electron chi connectivity index (χ4n) is 1.12. The number of hydrogen-bond acceptors (Lipinski definition) is 3. The number of carbonyl (C=O) groups excluding carboxylic acids is 1. The molecule has 0 fully saturated rings. The quantitative estimate of drug-likeness (QED) is 0.448. The Bertz CT molecular complexity index is 453. The van der Waals surface area contributed by atoms with Crippen LogP contribution in [0.15, 0.2) is 18.2 Å². The maximum absolute atomic E-state index is 11.7. The molecule has 4 heteroatoms. The fourth-order valence-corrected chi connectivity index (χ4v) is 1.12. The highest BCUT2D eigenvalue weighted by molar-refractivity contribution is 5.92. The minimum atomic E-state index is -0.537. The first kappa shape index (κ1) is 12.1. The van der Waals surface area contributed by atoms with Crippen LogP contribution < -0.4 is 5.73 Å². The van der Waals surface area contributed by atoms with Gasteiger partial charge in [-0.05, 0) is 26.8 Å². The molecule has 0 aromatic heterocycles. The number of hydrogen-bond donors (Lipinski definition) is 1. The molecule has 1 aromatic carbocycles. The Labute approximate surface area is 94.8 Å². The van der Waals surface area contributed by atoms with Crippen LogP contribution in [0.25, 0.3) is 4.85 Å². The van der Waals surface area contributed by atoms with E-state index >= 15 is 0 Å². The first-order valence-electron chi connectivity index (χ1n) is 4.84. The average molecular weight is 218 g/mol. The molecular weight excluding hydrogens is 204 g/mol. The van der Waals surface area contributed by atoms with Gasteiger partial charge in [-0.15, -0.1) is 0 Å². The van der Waals surface area contributed by atoms with E-state index < -0.39 is 11.6 Å².